The number of aryl methyl sites for hydroxylation is 1. The molecule has 4 aromatic rings. The third kappa shape index (κ3) is 7.33. The molecule has 0 radical (unpaired) electrons. The molecule has 282 valence electrons. The van der Waals surface area contributed by atoms with Gasteiger partial charge >= 0.3 is 6.09 Å². The van der Waals surface area contributed by atoms with Gasteiger partial charge in [0.15, 0.2) is 10.7 Å². The van der Waals surface area contributed by atoms with Crippen LogP contribution in [0, 0.1) is 12.7 Å². The van der Waals surface area contributed by atoms with E-state index in [-0.39, 0.29) is 41.1 Å². The summed E-state index contributed by atoms with van der Waals surface area (Å²) in [6.45, 7) is 9.40. The summed E-state index contributed by atoms with van der Waals surface area (Å²) in [7, 11) is 0. The number of anilines is 2. The number of aromatic nitrogens is 4. The van der Waals surface area contributed by atoms with Crippen molar-refractivity contribution in [3.63, 3.8) is 0 Å². The molecule has 1 aromatic carbocycles. The lowest BCUT2D eigenvalue weighted by Gasteiger charge is -2.43. The maximum absolute atomic E-state index is 14.8. The van der Waals surface area contributed by atoms with Gasteiger partial charge in [-0.25, -0.2) is 23.7 Å². The van der Waals surface area contributed by atoms with Crippen molar-refractivity contribution in [1.82, 2.24) is 29.8 Å². The summed E-state index contributed by atoms with van der Waals surface area (Å²) in [5.74, 6) is -1.23. The quantitative estimate of drug-likeness (QED) is 0.219. The molecule has 53 heavy (non-hydrogen) atoms. The van der Waals surface area contributed by atoms with E-state index in [1.807, 2.05) is 38.7 Å². The summed E-state index contributed by atoms with van der Waals surface area (Å²) >= 11 is 1.31. The summed E-state index contributed by atoms with van der Waals surface area (Å²) in [5, 5.41) is 8.36. The number of fused-ring (bicyclic) bond motifs is 1. The van der Waals surface area contributed by atoms with Gasteiger partial charge in [0.25, 0.3) is 11.8 Å². The number of nitrogens with one attached hydrogen (secondary N) is 1. The molecule has 3 aromatic heterocycles. The van der Waals surface area contributed by atoms with Crippen molar-refractivity contribution < 1.29 is 28.2 Å². The molecule has 7 rings (SSSR count). The minimum atomic E-state index is -0.852. The van der Waals surface area contributed by atoms with Gasteiger partial charge in [-0.1, -0.05) is 6.07 Å². The minimum absolute atomic E-state index is 0.120. The average Bonchev–Trinajstić information content (AvgIpc) is 3.80. The van der Waals surface area contributed by atoms with Gasteiger partial charge in [-0.2, -0.15) is 5.10 Å². The number of piperidine rings is 1. The summed E-state index contributed by atoms with van der Waals surface area (Å²) in [5.41, 5.74) is 13.1. The number of hydrogen-bond donors (Lipinski definition) is 3. The summed E-state index contributed by atoms with van der Waals surface area (Å²) in [6.07, 6.45) is 7.52. The molecule has 3 aliphatic rings. The number of primary amides is 1. The van der Waals surface area contributed by atoms with E-state index < -0.39 is 17.3 Å². The zero-order chi connectivity index (χ0) is 37.7. The highest BCUT2D eigenvalue weighted by atomic mass is 32.1. The van der Waals surface area contributed by atoms with Crippen molar-refractivity contribution in [2.24, 2.45) is 5.73 Å². The Hall–Kier alpha value is -4.99. The molecule has 5 heterocycles. The summed E-state index contributed by atoms with van der Waals surface area (Å²) < 4.78 is 28.6. The van der Waals surface area contributed by atoms with Gasteiger partial charge < -0.3 is 36.1 Å². The molecular formula is C37H46FN9O5S. The van der Waals surface area contributed by atoms with Gasteiger partial charge in [-0.05, 0) is 97.3 Å². The molecule has 1 saturated carbocycles. The smallest absolute Gasteiger partial charge is 0.410 e. The lowest BCUT2D eigenvalue weighted by Crippen LogP contribution is -2.52. The van der Waals surface area contributed by atoms with E-state index in [0.717, 1.165) is 62.1 Å². The number of carbonyl (C=O) groups excluding carboxylic acids is 3. The molecule has 5 N–H and O–H groups in total. The number of ether oxygens (including phenoxy) is 2. The highest BCUT2D eigenvalue weighted by Gasteiger charge is 2.47. The number of amides is 3. The standard InChI is InChI=1S/C37H46FN9O5S/c1-21-43-34(51-24-10-13-37(14-11-24)12-6-16-46(37)35(50)52-36(2,3)4)30(53-21)33(49)44-23-7-5-15-45(19-23)28-18-27(47-29(28)31(39)41-20-42-47)22-8-9-25(32(40)48)26(38)17-22/h8-9,17-18,20,23-24H,5-7,10-16,19H2,1-4H3,(H2,40,48)(H,44,49)(H2,39,41,42)/t23-,24?,37?/m1/s1. The number of rotatable bonds is 7. The third-order valence-electron chi connectivity index (χ3n) is 10.5. The normalized spacial score (nSPS) is 22.0. The predicted molar refractivity (Wildman–Crippen MR) is 199 cm³/mol. The van der Waals surface area contributed by atoms with Gasteiger partial charge in [0.2, 0.25) is 5.88 Å². The molecule has 2 aliphatic heterocycles. The number of nitrogens with zero attached hydrogens (tertiary/aromatic N) is 6. The Bertz CT molecular complexity index is 2050. The second-order valence-corrected chi connectivity index (χ2v) is 16.5. The molecule has 3 fully saturated rings. The number of carbonyl (C=O) groups is 3. The van der Waals surface area contributed by atoms with E-state index in [9.17, 15) is 18.8 Å². The number of hydrogen-bond acceptors (Lipinski definition) is 11. The van der Waals surface area contributed by atoms with Crippen LogP contribution in [0.3, 0.4) is 0 Å². The van der Waals surface area contributed by atoms with Crippen molar-refractivity contribution in [2.75, 3.05) is 30.3 Å². The van der Waals surface area contributed by atoms with Gasteiger partial charge in [-0.3, -0.25) is 9.59 Å². The Balaban J connectivity index is 1.03. The summed E-state index contributed by atoms with van der Waals surface area (Å²) in [6, 6.07) is 5.89. The van der Waals surface area contributed by atoms with Gasteiger partial charge in [-0.15, -0.1) is 11.3 Å². The third-order valence-corrected chi connectivity index (χ3v) is 11.4. The molecule has 0 unspecified atom stereocenters. The van der Waals surface area contributed by atoms with E-state index in [2.05, 4.69) is 25.3 Å². The second-order valence-electron chi connectivity index (χ2n) is 15.3. The zero-order valence-corrected chi connectivity index (χ0v) is 31.3. The molecule has 1 atom stereocenters. The molecule has 14 nitrogen and oxygen atoms in total. The molecule has 0 bridgehead atoms. The molecule has 2 saturated heterocycles. The fourth-order valence-corrected chi connectivity index (χ4v) is 8.79. The molecular weight excluding hydrogens is 702 g/mol. The zero-order valence-electron chi connectivity index (χ0n) is 30.5. The number of likely N-dealkylation sites (tertiary alicyclic amines) is 1. The van der Waals surface area contributed by atoms with E-state index in [1.54, 1.807) is 10.6 Å². The number of thiazole rings is 1. The van der Waals surface area contributed by atoms with Crippen LogP contribution >= 0.6 is 11.3 Å². The van der Waals surface area contributed by atoms with Crippen molar-refractivity contribution in [2.45, 2.75) is 102 Å². The molecule has 1 aliphatic carbocycles. The van der Waals surface area contributed by atoms with Crippen molar-refractivity contribution in [1.29, 1.82) is 0 Å². The average molecular weight is 748 g/mol. The Morgan fingerprint density at radius 1 is 1.08 bits per heavy atom. The van der Waals surface area contributed by atoms with Crippen LogP contribution in [0.5, 0.6) is 5.88 Å². The fourth-order valence-electron chi connectivity index (χ4n) is 8.03. The van der Waals surface area contributed by atoms with Gasteiger partial charge in [0.05, 0.1) is 22.0 Å². The first-order chi connectivity index (χ1) is 25.2. The SMILES string of the molecule is Cc1nc(OC2CCC3(CCCN3C(=O)OC(C)(C)C)CC2)c(C(=O)N[C@@H]2CCCN(c3cc(-c4ccc(C(N)=O)c(F)c4)n4ncnc(N)c34)C2)s1. The van der Waals surface area contributed by atoms with Crippen molar-refractivity contribution >= 4 is 46.3 Å². The van der Waals surface area contributed by atoms with Crippen LogP contribution in [0.15, 0.2) is 30.6 Å². The number of benzene rings is 1. The van der Waals surface area contributed by atoms with Crippen molar-refractivity contribution in [3.8, 4) is 17.1 Å². The Morgan fingerprint density at radius 2 is 1.85 bits per heavy atom. The Labute approximate surface area is 311 Å². The predicted octanol–water partition coefficient (Wildman–Crippen LogP) is 5.47. The number of nitrogen functional groups attached to an aromatic ring is 1. The highest BCUT2D eigenvalue weighted by Crippen LogP contribution is 2.44. The van der Waals surface area contributed by atoms with Crippen LogP contribution in [0.1, 0.15) is 97.2 Å². The first kappa shape index (κ1) is 36.4. The Morgan fingerprint density at radius 3 is 2.57 bits per heavy atom. The van der Waals surface area contributed by atoms with Crippen LogP contribution in [-0.2, 0) is 4.74 Å². The largest absolute Gasteiger partial charge is 0.473 e. The van der Waals surface area contributed by atoms with E-state index in [4.69, 9.17) is 20.9 Å². The van der Waals surface area contributed by atoms with Crippen LogP contribution in [0.2, 0.25) is 0 Å². The first-order valence-corrected chi connectivity index (χ1v) is 19.0. The van der Waals surface area contributed by atoms with Gasteiger partial charge in [0, 0.05) is 36.8 Å². The lowest BCUT2D eigenvalue weighted by atomic mass is 9.78. The summed E-state index contributed by atoms with van der Waals surface area (Å²) in [4.78, 5) is 51.8. The van der Waals surface area contributed by atoms with Crippen LogP contribution in [-0.4, -0.2) is 85.3 Å². The molecule has 3 amide bonds. The van der Waals surface area contributed by atoms with E-state index in [1.165, 1.54) is 29.8 Å². The lowest BCUT2D eigenvalue weighted by molar-refractivity contribution is -0.00927. The monoisotopic (exact) mass is 747 g/mol. The Kier molecular flexibility index (Phi) is 9.68. The minimum Gasteiger partial charge on any atom is -0.473 e. The number of halogens is 1. The van der Waals surface area contributed by atoms with Crippen LogP contribution < -0.4 is 26.4 Å². The van der Waals surface area contributed by atoms with Gasteiger partial charge in [0.1, 0.15) is 29.4 Å². The second kappa shape index (κ2) is 14.1. The van der Waals surface area contributed by atoms with E-state index >= 15 is 0 Å². The number of nitrogens with two attached hydrogens (primary N) is 2. The highest BCUT2D eigenvalue weighted by molar-refractivity contribution is 7.13. The topological polar surface area (TPSA) is 183 Å². The molecule has 16 heteroatoms. The van der Waals surface area contributed by atoms with Crippen LogP contribution in [0.4, 0.5) is 20.7 Å². The molecule has 1 spiro atoms. The van der Waals surface area contributed by atoms with E-state index in [0.29, 0.717) is 47.2 Å². The maximum Gasteiger partial charge on any atom is 0.410 e. The van der Waals surface area contributed by atoms with Crippen LogP contribution in [0.25, 0.3) is 16.8 Å². The first-order valence-electron chi connectivity index (χ1n) is 18.1. The fraction of sp³-hybridized carbons (Fsp3) is 0.514. The van der Waals surface area contributed by atoms with Crippen molar-refractivity contribution in [3.05, 3.63) is 51.9 Å². The maximum atomic E-state index is 14.8.